The highest BCUT2D eigenvalue weighted by Gasteiger charge is 2.25. The van der Waals surface area contributed by atoms with Gasteiger partial charge < -0.3 is 24.8 Å². The summed E-state index contributed by atoms with van der Waals surface area (Å²) in [5.74, 6) is 2.44. The number of amides is 1. The molecule has 2 aliphatic heterocycles. The van der Waals surface area contributed by atoms with Crippen molar-refractivity contribution in [1.29, 1.82) is 0 Å². The summed E-state index contributed by atoms with van der Waals surface area (Å²) in [4.78, 5) is 39.9. The fourth-order valence-corrected chi connectivity index (χ4v) is 5.86. The number of hydrogen-bond acceptors (Lipinski definition) is 10. The molecule has 38 heavy (non-hydrogen) atoms. The van der Waals surface area contributed by atoms with Crippen molar-refractivity contribution in [2.24, 2.45) is 0 Å². The zero-order valence-corrected chi connectivity index (χ0v) is 22.4. The number of fused-ring (bicyclic) bond motifs is 1. The van der Waals surface area contributed by atoms with E-state index < -0.39 is 0 Å². The van der Waals surface area contributed by atoms with Crippen molar-refractivity contribution in [2.45, 2.75) is 13.8 Å². The Morgan fingerprint density at radius 3 is 2.42 bits per heavy atom. The van der Waals surface area contributed by atoms with Crippen molar-refractivity contribution in [3.8, 4) is 0 Å². The van der Waals surface area contributed by atoms with Gasteiger partial charge >= 0.3 is 0 Å². The Balaban J connectivity index is 1.22. The van der Waals surface area contributed by atoms with Gasteiger partial charge in [-0.25, -0.2) is 9.97 Å². The molecular weight excluding hydrogens is 500 g/mol. The van der Waals surface area contributed by atoms with Crippen molar-refractivity contribution in [3.63, 3.8) is 0 Å². The maximum absolute atomic E-state index is 12.9. The number of aryl methyl sites for hydroxylation is 2. The number of piperazine rings is 1. The van der Waals surface area contributed by atoms with E-state index in [-0.39, 0.29) is 5.91 Å². The molecule has 2 saturated heterocycles. The molecule has 2 fully saturated rings. The molecule has 0 saturated carbocycles. The molecule has 11 heteroatoms. The number of thiophene rings is 1. The number of carbonyl (C=O) groups excluding carboxylic acids is 1. The number of aromatic nitrogens is 4. The van der Waals surface area contributed by atoms with Gasteiger partial charge in [0.2, 0.25) is 5.95 Å². The van der Waals surface area contributed by atoms with Gasteiger partial charge in [0, 0.05) is 62.1 Å². The summed E-state index contributed by atoms with van der Waals surface area (Å²) >= 11 is 1.68. The van der Waals surface area contributed by atoms with E-state index in [0.29, 0.717) is 37.7 Å². The molecule has 0 bridgehead atoms. The largest absolute Gasteiger partial charge is 0.378 e. The van der Waals surface area contributed by atoms with E-state index in [9.17, 15) is 4.79 Å². The third-order valence-electron chi connectivity index (χ3n) is 7.14. The number of anilines is 4. The number of nitrogens with zero attached hydrogens (tertiary/aromatic N) is 7. The molecule has 10 nitrogen and oxygen atoms in total. The minimum atomic E-state index is 0.0308. The quantitative estimate of drug-likeness (QED) is 0.415. The molecule has 0 spiro atoms. The lowest BCUT2D eigenvalue weighted by atomic mass is 10.2. The third-order valence-corrected chi connectivity index (χ3v) is 8.24. The lowest BCUT2D eigenvalue weighted by Crippen LogP contribution is -2.49. The summed E-state index contributed by atoms with van der Waals surface area (Å²) < 4.78 is 5.46. The molecule has 0 aromatic carbocycles. The molecule has 4 aromatic rings. The summed E-state index contributed by atoms with van der Waals surface area (Å²) in [6, 6.07) is 7.60. The van der Waals surface area contributed by atoms with Gasteiger partial charge in [0.15, 0.2) is 0 Å². The highest BCUT2D eigenvalue weighted by atomic mass is 32.1. The Kier molecular flexibility index (Phi) is 6.77. The second kappa shape index (κ2) is 10.5. The summed E-state index contributed by atoms with van der Waals surface area (Å²) in [5, 5.41) is 4.55. The van der Waals surface area contributed by atoms with Crippen LogP contribution in [0.15, 0.2) is 42.9 Å². The molecule has 4 aromatic heterocycles. The van der Waals surface area contributed by atoms with Crippen molar-refractivity contribution in [2.75, 3.05) is 67.6 Å². The van der Waals surface area contributed by atoms with Crippen LogP contribution >= 0.6 is 11.3 Å². The van der Waals surface area contributed by atoms with Gasteiger partial charge in [-0.2, -0.15) is 4.98 Å². The molecule has 0 radical (unpaired) electrons. The molecule has 2 aliphatic rings. The zero-order valence-electron chi connectivity index (χ0n) is 21.6. The highest BCUT2D eigenvalue weighted by Crippen LogP contribution is 2.36. The molecule has 0 unspecified atom stereocenters. The normalized spacial score (nSPS) is 16.2. The molecule has 0 aliphatic carbocycles. The lowest BCUT2D eigenvalue weighted by molar-refractivity contribution is 0.0746. The third kappa shape index (κ3) is 4.86. The zero-order chi connectivity index (χ0) is 26.1. The van der Waals surface area contributed by atoms with Crippen LogP contribution in [0.2, 0.25) is 0 Å². The second-order valence-electron chi connectivity index (χ2n) is 9.48. The average Bonchev–Trinajstić information content (AvgIpc) is 3.27. The first kappa shape index (κ1) is 24.5. The number of nitrogens with one attached hydrogen (secondary N) is 1. The van der Waals surface area contributed by atoms with Crippen LogP contribution in [-0.4, -0.2) is 83.2 Å². The van der Waals surface area contributed by atoms with Gasteiger partial charge in [-0.05, 0) is 43.7 Å². The second-order valence-corrected chi connectivity index (χ2v) is 10.7. The van der Waals surface area contributed by atoms with E-state index in [1.807, 2.05) is 23.2 Å². The van der Waals surface area contributed by atoms with Gasteiger partial charge in [-0.3, -0.25) is 9.78 Å². The van der Waals surface area contributed by atoms with Gasteiger partial charge in [-0.1, -0.05) is 0 Å². The van der Waals surface area contributed by atoms with Gasteiger partial charge in [0.1, 0.15) is 16.5 Å². The minimum absolute atomic E-state index is 0.0308. The Hall–Kier alpha value is -3.83. The molecule has 196 valence electrons. The van der Waals surface area contributed by atoms with Crippen LogP contribution in [0.5, 0.6) is 0 Å². The minimum Gasteiger partial charge on any atom is -0.378 e. The number of morpholine rings is 1. The maximum Gasteiger partial charge on any atom is 0.254 e. The van der Waals surface area contributed by atoms with Crippen LogP contribution in [0.1, 0.15) is 20.8 Å². The van der Waals surface area contributed by atoms with Crippen LogP contribution in [0.25, 0.3) is 10.2 Å². The van der Waals surface area contributed by atoms with E-state index in [1.165, 1.54) is 10.4 Å². The standard InChI is InChI=1S/C27H30N8O2S/c1-18-19(2)38-25-23(18)24(30-21-3-4-22(29-17-21)33-13-15-37-16-14-33)31-27(32-25)35-11-9-34(10-12-35)26(36)20-5-7-28-8-6-20/h3-8,17H,9-16H2,1-2H3,(H,30,31,32). The monoisotopic (exact) mass is 530 g/mol. The smallest absolute Gasteiger partial charge is 0.254 e. The maximum atomic E-state index is 12.9. The number of ether oxygens (including phenoxy) is 1. The highest BCUT2D eigenvalue weighted by molar-refractivity contribution is 7.18. The van der Waals surface area contributed by atoms with E-state index in [2.05, 4.69) is 38.9 Å². The van der Waals surface area contributed by atoms with E-state index in [0.717, 1.165) is 53.8 Å². The first-order chi connectivity index (χ1) is 18.6. The Bertz CT molecular complexity index is 1430. The predicted octanol–water partition coefficient (Wildman–Crippen LogP) is 3.64. The molecule has 6 rings (SSSR count). The first-order valence-electron chi connectivity index (χ1n) is 12.8. The van der Waals surface area contributed by atoms with E-state index in [1.54, 1.807) is 35.9 Å². The van der Waals surface area contributed by atoms with Crippen molar-refractivity contribution < 1.29 is 9.53 Å². The lowest BCUT2D eigenvalue weighted by Gasteiger charge is -2.35. The predicted molar refractivity (Wildman–Crippen MR) is 150 cm³/mol. The van der Waals surface area contributed by atoms with Gasteiger partial charge in [0.05, 0.1) is 30.5 Å². The van der Waals surface area contributed by atoms with Crippen molar-refractivity contribution in [1.82, 2.24) is 24.8 Å². The molecule has 0 atom stereocenters. The van der Waals surface area contributed by atoms with Gasteiger partial charge in [0.25, 0.3) is 5.91 Å². The summed E-state index contributed by atoms with van der Waals surface area (Å²) in [6.07, 6.45) is 5.16. The first-order valence-corrected chi connectivity index (χ1v) is 13.7. The Morgan fingerprint density at radius 2 is 1.71 bits per heavy atom. The van der Waals surface area contributed by atoms with E-state index >= 15 is 0 Å². The Morgan fingerprint density at radius 1 is 0.947 bits per heavy atom. The molecule has 6 heterocycles. The fourth-order valence-electron chi connectivity index (χ4n) is 4.83. The number of carbonyl (C=O) groups is 1. The molecular formula is C27H30N8O2S. The average molecular weight is 531 g/mol. The number of rotatable bonds is 5. The van der Waals surface area contributed by atoms with Gasteiger partial charge in [-0.15, -0.1) is 11.3 Å². The summed E-state index contributed by atoms with van der Waals surface area (Å²) in [5.41, 5.74) is 2.73. The van der Waals surface area contributed by atoms with E-state index in [4.69, 9.17) is 14.7 Å². The van der Waals surface area contributed by atoms with Crippen LogP contribution in [0.3, 0.4) is 0 Å². The summed E-state index contributed by atoms with van der Waals surface area (Å²) in [7, 11) is 0. The Labute approximate surface area is 225 Å². The van der Waals surface area contributed by atoms with Crippen molar-refractivity contribution in [3.05, 3.63) is 58.9 Å². The van der Waals surface area contributed by atoms with Crippen molar-refractivity contribution >= 4 is 50.7 Å². The SMILES string of the molecule is Cc1sc2nc(N3CCN(C(=O)c4ccncc4)CC3)nc(Nc3ccc(N4CCOCC4)nc3)c2c1C. The number of hydrogen-bond donors (Lipinski definition) is 1. The molecule has 1 amide bonds. The van der Waals surface area contributed by atoms with Crippen LogP contribution in [-0.2, 0) is 4.74 Å². The van der Waals surface area contributed by atoms with Crippen LogP contribution in [0, 0.1) is 13.8 Å². The fraction of sp³-hybridized carbons (Fsp3) is 0.370. The molecule has 1 N–H and O–H groups in total. The number of pyridine rings is 2. The van der Waals surface area contributed by atoms with Crippen LogP contribution in [0.4, 0.5) is 23.3 Å². The topological polar surface area (TPSA) is 99.6 Å². The van der Waals surface area contributed by atoms with Crippen LogP contribution < -0.4 is 15.1 Å². The summed E-state index contributed by atoms with van der Waals surface area (Å²) in [6.45, 7) is 9.95.